The minimum Gasteiger partial charge on any atom is -0.481 e. The Morgan fingerprint density at radius 3 is 2.20 bits per heavy atom. The Hall–Kier alpha value is -1.06. The van der Waals surface area contributed by atoms with Crippen molar-refractivity contribution in [3.8, 4) is 0 Å². The molecule has 15 heavy (non-hydrogen) atoms. The molecule has 3 unspecified atom stereocenters. The van der Waals surface area contributed by atoms with Crippen molar-refractivity contribution in [1.29, 1.82) is 0 Å². The van der Waals surface area contributed by atoms with Gasteiger partial charge in [-0.25, -0.2) is 0 Å². The molecule has 0 bridgehead atoms. The van der Waals surface area contributed by atoms with Gasteiger partial charge in [-0.15, -0.1) is 0 Å². The van der Waals surface area contributed by atoms with E-state index in [1.807, 2.05) is 20.8 Å². The molecule has 0 aromatic heterocycles. The molecule has 2 N–H and O–H groups in total. The number of aliphatic carboxylic acids is 1. The van der Waals surface area contributed by atoms with E-state index in [0.29, 0.717) is 5.92 Å². The third-order valence-corrected chi connectivity index (χ3v) is 2.92. The third kappa shape index (κ3) is 4.81. The normalized spacial score (nSPS) is 16.5. The summed E-state index contributed by atoms with van der Waals surface area (Å²) in [7, 11) is 0. The van der Waals surface area contributed by atoms with Gasteiger partial charge in [0.05, 0.1) is 5.92 Å². The van der Waals surface area contributed by atoms with Crippen LogP contribution in [0.4, 0.5) is 0 Å². The van der Waals surface area contributed by atoms with Crippen molar-refractivity contribution in [2.45, 2.75) is 34.1 Å². The second-order valence-corrected chi connectivity index (χ2v) is 4.16. The lowest BCUT2D eigenvalue weighted by atomic mass is 9.93. The van der Waals surface area contributed by atoms with Crippen molar-refractivity contribution in [2.24, 2.45) is 17.8 Å². The molecule has 0 radical (unpaired) electrons. The van der Waals surface area contributed by atoms with Crippen LogP contribution in [0.3, 0.4) is 0 Å². The number of carbonyl (C=O) groups excluding carboxylic acids is 1. The number of rotatable bonds is 6. The second kappa shape index (κ2) is 6.43. The quantitative estimate of drug-likeness (QED) is 0.705. The summed E-state index contributed by atoms with van der Waals surface area (Å²) in [5, 5.41) is 11.3. The summed E-state index contributed by atoms with van der Waals surface area (Å²) in [5.74, 6) is -1.21. The lowest BCUT2D eigenvalue weighted by molar-refractivity contribution is -0.141. The number of hydrogen-bond acceptors (Lipinski definition) is 2. The van der Waals surface area contributed by atoms with Gasteiger partial charge in [0.25, 0.3) is 0 Å². The number of carboxylic acid groups (broad SMARTS) is 1. The monoisotopic (exact) mass is 215 g/mol. The molecule has 0 aromatic carbocycles. The molecule has 4 heteroatoms. The van der Waals surface area contributed by atoms with E-state index >= 15 is 0 Å². The standard InChI is InChI=1S/C11H21NO3/c1-5-7(2)9(4)10(13)12-6-8(3)11(14)15/h7-9H,5-6H2,1-4H3,(H,12,13)(H,14,15). The van der Waals surface area contributed by atoms with Gasteiger partial charge in [-0.1, -0.05) is 34.1 Å². The Morgan fingerprint density at radius 1 is 1.27 bits per heavy atom. The maximum absolute atomic E-state index is 11.6. The number of nitrogens with one attached hydrogen (secondary N) is 1. The lowest BCUT2D eigenvalue weighted by Gasteiger charge is -2.18. The Bertz CT molecular complexity index is 228. The van der Waals surface area contributed by atoms with Gasteiger partial charge in [0.2, 0.25) is 5.91 Å². The number of hydrogen-bond donors (Lipinski definition) is 2. The first-order chi connectivity index (χ1) is 6.90. The zero-order valence-corrected chi connectivity index (χ0v) is 9.91. The van der Waals surface area contributed by atoms with Crippen LogP contribution >= 0.6 is 0 Å². The molecule has 4 nitrogen and oxygen atoms in total. The van der Waals surface area contributed by atoms with Gasteiger partial charge in [-0.3, -0.25) is 9.59 Å². The molecule has 0 fully saturated rings. The SMILES string of the molecule is CCC(C)C(C)C(=O)NCC(C)C(=O)O. The van der Waals surface area contributed by atoms with E-state index in [-0.39, 0.29) is 18.4 Å². The second-order valence-electron chi connectivity index (χ2n) is 4.16. The van der Waals surface area contributed by atoms with E-state index in [2.05, 4.69) is 5.32 Å². The van der Waals surface area contributed by atoms with Gasteiger partial charge in [-0.05, 0) is 5.92 Å². The van der Waals surface area contributed by atoms with Crippen LogP contribution in [0.25, 0.3) is 0 Å². The molecule has 3 atom stereocenters. The molecule has 1 amide bonds. The van der Waals surface area contributed by atoms with E-state index in [4.69, 9.17) is 5.11 Å². The van der Waals surface area contributed by atoms with Crippen LogP contribution in [0.1, 0.15) is 34.1 Å². The Morgan fingerprint density at radius 2 is 1.80 bits per heavy atom. The first-order valence-electron chi connectivity index (χ1n) is 5.40. The molecule has 0 aliphatic heterocycles. The van der Waals surface area contributed by atoms with Crippen molar-refractivity contribution in [2.75, 3.05) is 6.54 Å². The van der Waals surface area contributed by atoms with Crippen LogP contribution in [0, 0.1) is 17.8 Å². The van der Waals surface area contributed by atoms with Gasteiger partial charge in [0.1, 0.15) is 0 Å². The van der Waals surface area contributed by atoms with Crippen LogP contribution in [0.5, 0.6) is 0 Å². The summed E-state index contributed by atoms with van der Waals surface area (Å²) >= 11 is 0. The van der Waals surface area contributed by atoms with Gasteiger partial charge >= 0.3 is 5.97 Å². The first kappa shape index (κ1) is 13.9. The Balaban J connectivity index is 3.98. The lowest BCUT2D eigenvalue weighted by Crippen LogP contribution is -2.36. The fourth-order valence-electron chi connectivity index (χ4n) is 1.11. The molecule has 0 spiro atoms. The summed E-state index contributed by atoms with van der Waals surface area (Å²) < 4.78 is 0. The van der Waals surface area contributed by atoms with Crippen molar-refractivity contribution in [3.63, 3.8) is 0 Å². The Labute approximate surface area is 91.1 Å². The fourth-order valence-corrected chi connectivity index (χ4v) is 1.11. The molecule has 88 valence electrons. The maximum atomic E-state index is 11.6. The Kier molecular flexibility index (Phi) is 5.97. The van der Waals surface area contributed by atoms with Crippen LogP contribution in [0.15, 0.2) is 0 Å². The summed E-state index contributed by atoms with van der Waals surface area (Å²) in [6.07, 6.45) is 0.947. The molecule has 0 aliphatic carbocycles. The number of amides is 1. The smallest absolute Gasteiger partial charge is 0.308 e. The number of carbonyl (C=O) groups is 2. The molecule has 0 rings (SSSR count). The van der Waals surface area contributed by atoms with Gasteiger partial charge in [-0.2, -0.15) is 0 Å². The van der Waals surface area contributed by atoms with Crippen LogP contribution in [-0.4, -0.2) is 23.5 Å². The van der Waals surface area contributed by atoms with Crippen LogP contribution in [-0.2, 0) is 9.59 Å². The zero-order valence-electron chi connectivity index (χ0n) is 9.91. The van der Waals surface area contributed by atoms with Crippen LogP contribution in [0.2, 0.25) is 0 Å². The summed E-state index contributed by atoms with van der Waals surface area (Å²) in [6, 6.07) is 0. The van der Waals surface area contributed by atoms with Crippen molar-refractivity contribution in [3.05, 3.63) is 0 Å². The van der Waals surface area contributed by atoms with E-state index in [1.54, 1.807) is 6.92 Å². The number of carboxylic acids is 1. The highest BCUT2D eigenvalue weighted by Crippen LogP contribution is 2.14. The summed E-state index contributed by atoms with van der Waals surface area (Å²) in [5.41, 5.74) is 0. The fraction of sp³-hybridized carbons (Fsp3) is 0.818. The predicted molar refractivity (Wildman–Crippen MR) is 58.4 cm³/mol. The average molecular weight is 215 g/mol. The van der Waals surface area contributed by atoms with Gasteiger partial charge in [0.15, 0.2) is 0 Å². The summed E-state index contributed by atoms with van der Waals surface area (Å²) in [6.45, 7) is 7.71. The largest absolute Gasteiger partial charge is 0.481 e. The van der Waals surface area contributed by atoms with Crippen LogP contribution < -0.4 is 5.32 Å². The minimum atomic E-state index is -0.883. The molecular formula is C11H21NO3. The molecule has 0 saturated heterocycles. The first-order valence-corrected chi connectivity index (χ1v) is 5.40. The van der Waals surface area contributed by atoms with Crippen molar-refractivity contribution in [1.82, 2.24) is 5.32 Å². The minimum absolute atomic E-state index is 0.0579. The average Bonchev–Trinajstić information content (AvgIpc) is 2.22. The molecule has 0 saturated carbocycles. The van der Waals surface area contributed by atoms with E-state index < -0.39 is 11.9 Å². The van der Waals surface area contributed by atoms with E-state index in [9.17, 15) is 9.59 Å². The van der Waals surface area contributed by atoms with Crippen molar-refractivity contribution < 1.29 is 14.7 Å². The highest BCUT2D eigenvalue weighted by molar-refractivity contribution is 5.79. The molecule has 0 heterocycles. The molecular weight excluding hydrogens is 194 g/mol. The highest BCUT2D eigenvalue weighted by Gasteiger charge is 2.20. The van der Waals surface area contributed by atoms with Crippen molar-refractivity contribution >= 4 is 11.9 Å². The maximum Gasteiger partial charge on any atom is 0.308 e. The highest BCUT2D eigenvalue weighted by atomic mass is 16.4. The third-order valence-electron chi connectivity index (χ3n) is 2.92. The van der Waals surface area contributed by atoms with Gasteiger partial charge < -0.3 is 10.4 Å². The predicted octanol–water partition coefficient (Wildman–Crippen LogP) is 1.51. The zero-order chi connectivity index (χ0) is 12.0. The van der Waals surface area contributed by atoms with E-state index in [1.165, 1.54) is 0 Å². The topological polar surface area (TPSA) is 66.4 Å². The molecule has 0 aliphatic rings. The summed E-state index contributed by atoms with van der Waals surface area (Å²) in [4.78, 5) is 22.1. The van der Waals surface area contributed by atoms with E-state index in [0.717, 1.165) is 6.42 Å². The van der Waals surface area contributed by atoms with Gasteiger partial charge in [0, 0.05) is 12.5 Å². The molecule has 0 aromatic rings.